The number of hydrazine groups is 1. The average Bonchev–Trinajstić information content (AvgIpc) is 2.54. The molecular weight excluding hydrogens is 295 g/mol. The van der Waals surface area contributed by atoms with Crippen LogP contribution in [0.15, 0.2) is 49.0 Å². The van der Waals surface area contributed by atoms with E-state index in [0.29, 0.717) is 17.0 Å². The minimum Gasteiger partial charge on any atom is -0.483 e. The molecule has 1 amide bonds. The first kappa shape index (κ1) is 16.5. The number of benzene rings is 2. The van der Waals surface area contributed by atoms with Crippen LogP contribution in [0.3, 0.4) is 0 Å². The van der Waals surface area contributed by atoms with E-state index in [9.17, 15) is 9.18 Å². The number of amides is 1. The first-order valence-corrected chi connectivity index (χ1v) is 7.15. The van der Waals surface area contributed by atoms with Crippen molar-refractivity contribution in [1.82, 2.24) is 10.9 Å². The highest BCUT2D eigenvalue weighted by atomic mass is 19.1. The van der Waals surface area contributed by atoms with Gasteiger partial charge >= 0.3 is 0 Å². The summed E-state index contributed by atoms with van der Waals surface area (Å²) in [4.78, 5) is 11.8. The van der Waals surface area contributed by atoms with E-state index in [1.54, 1.807) is 12.1 Å². The Labute approximate surface area is 134 Å². The third-order valence-electron chi connectivity index (χ3n) is 3.25. The molecule has 0 aliphatic rings. The number of ether oxygens (including phenoxy) is 1. The highest BCUT2D eigenvalue weighted by molar-refractivity contribution is 5.78. The Hall–Kier alpha value is -2.82. The number of hydrogen-bond donors (Lipinski definition) is 2. The number of nitrogens with one attached hydrogen (secondary N) is 2. The van der Waals surface area contributed by atoms with Crippen molar-refractivity contribution in [2.75, 3.05) is 6.61 Å². The zero-order valence-electron chi connectivity index (χ0n) is 13.2. The standard InChI is InChI=1S/C18H19FN2O2/c1-12-4-5-13(2)17(10-12)23-11-18(22)21-20-14(3)15-6-8-16(19)9-7-15/h4-10,20H,3,11H2,1-2H3,(H,21,22). The van der Waals surface area contributed by atoms with Gasteiger partial charge in [-0.3, -0.25) is 15.6 Å². The quantitative estimate of drug-likeness (QED) is 0.806. The summed E-state index contributed by atoms with van der Waals surface area (Å²) in [5, 5.41) is 0. The molecule has 0 radical (unpaired) electrons. The average molecular weight is 314 g/mol. The number of carbonyl (C=O) groups excluding carboxylic acids is 1. The van der Waals surface area contributed by atoms with Crippen LogP contribution in [-0.2, 0) is 4.79 Å². The molecule has 0 aromatic heterocycles. The number of hydrogen-bond acceptors (Lipinski definition) is 3. The van der Waals surface area contributed by atoms with Crippen LogP contribution in [0.25, 0.3) is 5.70 Å². The van der Waals surface area contributed by atoms with Gasteiger partial charge < -0.3 is 4.74 Å². The van der Waals surface area contributed by atoms with Crippen LogP contribution in [0.1, 0.15) is 16.7 Å². The second kappa shape index (κ2) is 7.45. The highest BCUT2D eigenvalue weighted by Crippen LogP contribution is 2.18. The van der Waals surface area contributed by atoms with E-state index >= 15 is 0 Å². The Kier molecular flexibility index (Phi) is 5.36. The Bertz CT molecular complexity index is 711. The lowest BCUT2D eigenvalue weighted by Gasteiger charge is -2.13. The minimum atomic E-state index is -0.339. The van der Waals surface area contributed by atoms with E-state index < -0.39 is 0 Å². The second-order valence-electron chi connectivity index (χ2n) is 5.22. The smallest absolute Gasteiger partial charge is 0.276 e. The molecule has 0 spiro atoms. The van der Waals surface area contributed by atoms with Gasteiger partial charge in [-0.2, -0.15) is 0 Å². The first-order chi connectivity index (χ1) is 11.0. The molecule has 2 aromatic rings. The van der Waals surface area contributed by atoms with Crippen molar-refractivity contribution in [3.8, 4) is 5.75 Å². The van der Waals surface area contributed by atoms with Gasteiger partial charge in [0.2, 0.25) is 0 Å². The predicted molar refractivity (Wildman–Crippen MR) is 88.1 cm³/mol. The number of halogens is 1. The van der Waals surface area contributed by atoms with E-state index in [4.69, 9.17) is 4.74 Å². The van der Waals surface area contributed by atoms with Crippen molar-refractivity contribution < 1.29 is 13.9 Å². The summed E-state index contributed by atoms with van der Waals surface area (Å²) in [6, 6.07) is 11.6. The molecule has 0 bridgehead atoms. The fraction of sp³-hybridized carbons (Fsp3) is 0.167. The third kappa shape index (κ3) is 4.85. The van der Waals surface area contributed by atoms with Gasteiger partial charge in [0.25, 0.3) is 5.91 Å². The zero-order chi connectivity index (χ0) is 16.8. The molecule has 5 heteroatoms. The molecule has 0 unspecified atom stereocenters. The molecule has 2 rings (SSSR count). The maximum absolute atomic E-state index is 12.9. The molecule has 2 N–H and O–H groups in total. The lowest BCUT2D eigenvalue weighted by atomic mass is 10.1. The summed E-state index contributed by atoms with van der Waals surface area (Å²) in [5.74, 6) is 0.0131. The number of rotatable bonds is 6. The van der Waals surface area contributed by atoms with Crippen molar-refractivity contribution in [3.05, 3.63) is 71.6 Å². The first-order valence-electron chi connectivity index (χ1n) is 7.15. The van der Waals surface area contributed by atoms with Crippen molar-refractivity contribution in [1.29, 1.82) is 0 Å². The fourth-order valence-electron chi connectivity index (χ4n) is 1.91. The van der Waals surface area contributed by atoms with Crippen LogP contribution < -0.4 is 15.6 Å². The van der Waals surface area contributed by atoms with Crippen LogP contribution in [0.2, 0.25) is 0 Å². The topological polar surface area (TPSA) is 50.4 Å². The molecule has 4 nitrogen and oxygen atoms in total. The van der Waals surface area contributed by atoms with Crippen molar-refractivity contribution >= 4 is 11.6 Å². The van der Waals surface area contributed by atoms with E-state index in [0.717, 1.165) is 11.1 Å². The van der Waals surface area contributed by atoms with Crippen LogP contribution in [0.4, 0.5) is 4.39 Å². The molecule has 23 heavy (non-hydrogen) atoms. The molecular formula is C18H19FN2O2. The van der Waals surface area contributed by atoms with Crippen molar-refractivity contribution in [2.45, 2.75) is 13.8 Å². The third-order valence-corrected chi connectivity index (χ3v) is 3.25. The molecule has 0 saturated carbocycles. The SMILES string of the molecule is C=C(NNC(=O)COc1cc(C)ccc1C)c1ccc(F)cc1. The van der Waals surface area contributed by atoms with Gasteiger partial charge in [-0.25, -0.2) is 4.39 Å². The highest BCUT2D eigenvalue weighted by Gasteiger charge is 2.06. The van der Waals surface area contributed by atoms with Gasteiger partial charge in [0.05, 0.1) is 5.70 Å². The molecule has 2 aromatic carbocycles. The number of aryl methyl sites for hydroxylation is 2. The Morgan fingerprint density at radius 2 is 1.83 bits per heavy atom. The normalized spacial score (nSPS) is 10.0. The minimum absolute atomic E-state index is 0.117. The lowest BCUT2D eigenvalue weighted by Crippen LogP contribution is -2.39. The van der Waals surface area contributed by atoms with Gasteiger partial charge in [-0.1, -0.05) is 18.7 Å². The van der Waals surface area contributed by atoms with Gasteiger partial charge in [0.15, 0.2) is 6.61 Å². The van der Waals surface area contributed by atoms with Crippen LogP contribution in [0, 0.1) is 19.7 Å². The van der Waals surface area contributed by atoms with Gasteiger partial charge in [0.1, 0.15) is 11.6 Å². The van der Waals surface area contributed by atoms with Crippen molar-refractivity contribution in [2.24, 2.45) is 0 Å². The van der Waals surface area contributed by atoms with E-state index in [1.165, 1.54) is 12.1 Å². The molecule has 0 saturated heterocycles. The van der Waals surface area contributed by atoms with E-state index in [-0.39, 0.29) is 18.3 Å². The van der Waals surface area contributed by atoms with Crippen LogP contribution in [-0.4, -0.2) is 12.5 Å². The van der Waals surface area contributed by atoms with Crippen molar-refractivity contribution in [3.63, 3.8) is 0 Å². The Balaban J connectivity index is 1.82. The van der Waals surface area contributed by atoms with Crippen LogP contribution >= 0.6 is 0 Å². The monoisotopic (exact) mass is 314 g/mol. The zero-order valence-corrected chi connectivity index (χ0v) is 13.2. The summed E-state index contributed by atoms with van der Waals surface area (Å²) < 4.78 is 18.4. The molecule has 0 aliphatic heterocycles. The molecule has 120 valence electrons. The molecule has 0 aliphatic carbocycles. The summed E-state index contributed by atoms with van der Waals surface area (Å²) in [5.41, 5.74) is 8.35. The maximum atomic E-state index is 12.9. The Morgan fingerprint density at radius 1 is 1.13 bits per heavy atom. The van der Waals surface area contributed by atoms with Gasteiger partial charge in [-0.15, -0.1) is 0 Å². The molecule has 0 atom stereocenters. The fourth-order valence-corrected chi connectivity index (χ4v) is 1.91. The van der Waals surface area contributed by atoms with Crippen LogP contribution in [0.5, 0.6) is 5.75 Å². The van der Waals surface area contributed by atoms with E-state index in [1.807, 2.05) is 32.0 Å². The predicted octanol–water partition coefficient (Wildman–Crippen LogP) is 3.11. The van der Waals surface area contributed by atoms with E-state index in [2.05, 4.69) is 17.4 Å². The van der Waals surface area contributed by atoms with Gasteiger partial charge in [-0.05, 0) is 60.9 Å². The van der Waals surface area contributed by atoms with Gasteiger partial charge in [0, 0.05) is 0 Å². The summed E-state index contributed by atoms with van der Waals surface area (Å²) >= 11 is 0. The molecule has 0 fully saturated rings. The largest absolute Gasteiger partial charge is 0.483 e. The Morgan fingerprint density at radius 3 is 2.52 bits per heavy atom. The summed E-state index contributed by atoms with van der Waals surface area (Å²) in [6.07, 6.45) is 0. The number of carbonyl (C=O) groups is 1. The summed E-state index contributed by atoms with van der Waals surface area (Å²) in [6.45, 7) is 7.54. The summed E-state index contributed by atoms with van der Waals surface area (Å²) in [7, 11) is 0. The second-order valence-corrected chi connectivity index (χ2v) is 5.22. The molecule has 0 heterocycles. The maximum Gasteiger partial charge on any atom is 0.276 e. The lowest BCUT2D eigenvalue weighted by molar-refractivity contribution is -0.123.